The average molecular weight is 462 g/mol. The Labute approximate surface area is 185 Å². The number of halogens is 1. The van der Waals surface area contributed by atoms with Gasteiger partial charge in [0.1, 0.15) is 17.1 Å². The molecule has 0 radical (unpaired) electrons. The highest BCUT2D eigenvalue weighted by molar-refractivity contribution is 7.92. The summed E-state index contributed by atoms with van der Waals surface area (Å²) in [5.41, 5.74) is 0.506. The van der Waals surface area contributed by atoms with E-state index in [4.69, 9.17) is 4.74 Å². The number of esters is 1. The van der Waals surface area contributed by atoms with Crippen LogP contribution in [0, 0.1) is 5.82 Å². The molecule has 0 atom stereocenters. The summed E-state index contributed by atoms with van der Waals surface area (Å²) >= 11 is 0. The van der Waals surface area contributed by atoms with E-state index in [1.54, 1.807) is 13.0 Å². The summed E-state index contributed by atoms with van der Waals surface area (Å²) in [6.07, 6.45) is 5.10. The number of aromatic amines is 1. The molecule has 0 bridgehead atoms. The van der Waals surface area contributed by atoms with Crippen molar-refractivity contribution < 1.29 is 22.3 Å². The van der Waals surface area contributed by atoms with Crippen molar-refractivity contribution in [1.29, 1.82) is 0 Å². The minimum atomic E-state index is -3.74. The number of pyridine rings is 1. The molecule has 1 aromatic carbocycles. The van der Waals surface area contributed by atoms with Crippen molar-refractivity contribution in [2.75, 3.05) is 23.7 Å². The number of hydrogen-bond donors (Lipinski definition) is 1. The first kappa shape index (κ1) is 23.3. The number of nitrogens with one attached hydrogen (secondary N) is 1. The predicted molar refractivity (Wildman–Crippen MR) is 121 cm³/mol. The lowest BCUT2D eigenvalue weighted by molar-refractivity contribution is 0.0529. The molecular formula is C22H24FN3O5S. The van der Waals surface area contributed by atoms with Crippen LogP contribution in [0.3, 0.4) is 0 Å². The van der Waals surface area contributed by atoms with Crippen LogP contribution in [0.15, 0.2) is 54.0 Å². The third-order valence-corrected chi connectivity index (χ3v) is 6.00. The van der Waals surface area contributed by atoms with Crippen molar-refractivity contribution in [1.82, 2.24) is 9.61 Å². The summed E-state index contributed by atoms with van der Waals surface area (Å²) in [5.74, 6) is -1.11. The monoisotopic (exact) mass is 461 g/mol. The van der Waals surface area contributed by atoms with E-state index in [2.05, 4.69) is 11.7 Å². The number of aromatic nitrogens is 2. The molecule has 32 heavy (non-hydrogen) atoms. The predicted octanol–water partition coefficient (Wildman–Crippen LogP) is 3.34. The van der Waals surface area contributed by atoms with Crippen LogP contribution in [0.25, 0.3) is 16.8 Å². The zero-order chi connectivity index (χ0) is 23.5. The molecule has 0 aliphatic rings. The summed E-state index contributed by atoms with van der Waals surface area (Å²) in [6, 6.07) is 6.66. The summed E-state index contributed by atoms with van der Waals surface area (Å²) in [5, 5.41) is 3.00. The Morgan fingerprint density at radius 1 is 1.31 bits per heavy atom. The second-order valence-electron chi connectivity index (χ2n) is 7.13. The van der Waals surface area contributed by atoms with E-state index >= 15 is 0 Å². The van der Waals surface area contributed by atoms with Gasteiger partial charge in [0.2, 0.25) is 15.5 Å². The number of sulfonamides is 1. The van der Waals surface area contributed by atoms with Crippen LogP contribution in [-0.4, -0.2) is 43.4 Å². The van der Waals surface area contributed by atoms with Crippen molar-refractivity contribution in [2.45, 2.75) is 19.8 Å². The molecule has 0 spiro atoms. The highest BCUT2D eigenvalue weighted by Crippen LogP contribution is 2.28. The number of ether oxygens (including phenoxy) is 1. The van der Waals surface area contributed by atoms with Gasteiger partial charge >= 0.3 is 5.97 Å². The van der Waals surface area contributed by atoms with Crippen LogP contribution in [-0.2, 0) is 14.8 Å². The maximum absolute atomic E-state index is 13.4. The fourth-order valence-electron chi connectivity index (χ4n) is 3.38. The van der Waals surface area contributed by atoms with Gasteiger partial charge in [-0.25, -0.2) is 17.6 Å². The van der Waals surface area contributed by atoms with Crippen LogP contribution in [0.1, 0.15) is 30.1 Å². The van der Waals surface area contributed by atoms with E-state index in [0.29, 0.717) is 24.1 Å². The van der Waals surface area contributed by atoms with Gasteiger partial charge in [-0.15, -0.1) is 6.58 Å². The number of nitrogens with zero attached hydrogens (tertiary/aromatic N) is 2. The number of H-pyrrole nitrogens is 1. The first-order chi connectivity index (χ1) is 15.2. The molecule has 0 fully saturated rings. The number of allylic oxidation sites excluding steroid dienone is 1. The van der Waals surface area contributed by atoms with Gasteiger partial charge in [0, 0.05) is 18.2 Å². The van der Waals surface area contributed by atoms with Crippen molar-refractivity contribution in [3.05, 3.63) is 70.8 Å². The number of carbonyl (C=O) groups excluding carboxylic acids is 1. The summed E-state index contributed by atoms with van der Waals surface area (Å²) in [4.78, 5) is 25.6. The van der Waals surface area contributed by atoms with E-state index in [-0.39, 0.29) is 29.9 Å². The highest BCUT2D eigenvalue weighted by atomic mass is 32.2. The SMILES string of the molecule is C=CCCCN(c1cn2[nH]c(-c3ccc(F)cc3)c(C(=O)OCC)c2cc1=O)S(C)(=O)=O. The van der Waals surface area contributed by atoms with Gasteiger partial charge in [-0.1, -0.05) is 6.08 Å². The Bertz CT molecular complexity index is 1310. The molecule has 2 aromatic heterocycles. The molecule has 0 aliphatic heterocycles. The quantitative estimate of drug-likeness (QED) is 0.299. The maximum Gasteiger partial charge on any atom is 0.342 e. The molecule has 0 amide bonds. The molecular weight excluding hydrogens is 437 g/mol. The normalized spacial score (nSPS) is 11.5. The topological polar surface area (TPSA) is 101 Å². The van der Waals surface area contributed by atoms with E-state index in [1.807, 2.05) is 0 Å². The Morgan fingerprint density at radius 2 is 2.00 bits per heavy atom. The minimum absolute atomic E-state index is 0.0589. The van der Waals surface area contributed by atoms with Gasteiger partial charge in [0.05, 0.1) is 30.3 Å². The fraction of sp³-hybridized carbons (Fsp3) is 0.273. The lowest BCUT2D eigenvalue weighted by Gasteiger charge is -2.21. The molecule has 170 valence electrons. The smallest absolute Gasteiger partial charge is 0.342 e. The van der Waals surface area contributed by atoms with Crippen LogP contribution in [0.2, 0.25) is 0 Å². The molecule has 1 N–H and O–H groups in total. The first-order valence-electron chi connectivity index (χ1n) is 9.97. The number of fused-ring (bicyclic) bond motifs is 1. The molecule has 0 unspecified atom stereocenters. The van der Waals surface area contributed by atoms with Crippen molar-refractivity contribution in [2.24, 2.45) is 0 Å². The standard InChI is InChI=1S/C22H24FN3O5S/c1-4-6-7-12-26(32(3,29)30)18-14-25-17(13-19(18)27)20(22(28)31-5-2)21(24-25)15-8-10-16(23)11-9-15/h4,8-11,13-14,24H,1,5-7,12H2,2-3H3. The van der Waals surface area contributed by atoms with Crippen LogP contribution in [0.5, 0.6) is 0 Å². The molecule has 10 heteroatoms. The fourth-order valence-corrected chi connectivity index (χ4v) is 4.33. The molecule has 2 heterocycles. The Hall–Kier alpha value is -3.40. The van der Waals surface area contributed by atoms with Gasteiger partial charge in [-0.05, 0) is 44.0 Å². The Kier molecular flexibility index (Phi) is 6.83. The molecule has 0 aliphatic carbocycles. The van der Waals surface area contributed by atoms with E-state index in [9.17, 15) is 22.4 Å². The number of rotatable bonds is 9. The van der Waals surface area contributed by atoms with Gasteiger partial charge in [-0.2, -0.15) is 0 Å². The lowest BCUT2D eigenvalue weighted by atomic mass is 10.1. The zero-order valence-corrected chi connectivity index (χ0v) is 18.6. The van der Waals surface area contributed by atoms with Crippen molar-refractivity contribution in [3.8, 4) is 11.3 Å². The second kappa shape index (κ2) is 9.39. The third kappa shape index (κ3) is 4.75. The Morgan fingerprint density at radius 3 is 2.59 bits per heavy atom. The molecule has 3 aromatic rings. The van der Waals surface area contributed by atoms with Crippen molar-refractivity contribution >= 4 is 27.2 Å². The maximum atomic E-state index is 13.4. The van der Waals surface area contributed by atoms with Crippen molar-refractivity contribution in [3.63, 3.8) is 0 Å². The van der Waals surface area contributed by atoms with Gasteiger partial charge in [-0.3, -0.25) is 18.7 Å². The van der Waals surface area contributed by atoms with Crippen LogP contribution >= 0.6 is 0 Å². The number of unbranched alkanes of at least 4 members (excludes halogenated alkanes) is 1. The Balaban J connectivity index is 2.23. The number of carbonyl (C=O) groups is 1. The number of hydrogen-bond acceptors (Lipinski definition) is 5. The molecule has 3 rings (SSSR count). The van der Waals surface area contributed by atoms with E-state index in [0.717, 1.165) is 10.6 Å². The zero-order valence-electron chi connectivity index (χ0n) is 17.8. The van der Waals surface area contributed by atoms with Gasteiger partial charge in [0.15, 0.2) is 0 Å². The summed E-state index contributed by atoms with van der Waals surface area (Å²) < 4.78 is 45.7. The summed E-state index contributed by atoms with van der Waals surface area (Å²) in [7, 11) is -3.74. The van der Waals surface area contributed by atoms with Crippen LogP contribution < -0.4 is 9.73 Å². The summed E-state index contributed by atoms with van der Waals surface area (Å²) in [6.45, 7) is 5.49. The molecule has 0 saturated heterocycles. The van der Waals surface area contributed by atoms with Crippen LogP contribution in [0.4, 0.5) is 10.1 Å². The average Bonchev–Trinajstić information content (AvgIpc) is 3.09. The molecule has 0 saturated carbocycles. The highest BCUT2D eigenvalue weighted by Gasteiger charge is 2.25. The molecule has 8 nitrogen and oxygen atoms in total. The van der Waals surface area contributed by atoms with E-state index in [1.165, 1.54) is 41.0 Å². The van der Waals surface area contributed by atoms with E-state index < -0.39 is 27.2 Å². The second-order valence-corrected chi connectivity index (χ2v) is 9.04. The number of anilines is 1. The first-order valence-corrected chi connectivity index (χ1v) is 11.8. The third-order valence-electron chi connectivity index (χ3n) is 4.82. The number of benzene rings is 1. The van der Waals surface area contributed by atoms with Gasteiger partial charge < -0.3 is 4.74 Å². The van der Waals surface area contributed by atoms with Gasteiger partial charge in [0.25, 0.3) is 0 Å². The largest absolute Gasteiger partial charge is 0.462 e. The lowest BCUT2D eigenvalue weighted by Crippen LogP contribution is -2.34. The minimum Gasteiger partial charge on any atom is -0.462 e.